The van der Waals surface area contributed by atoms with Crippen LogP contribution in [0.4, 0.5) is 0 Å². The molecule has 6 nitrogen and oxygen atoms in total. The summed E-state index contributed by atoms with van der Waals surface area (Å²) in [7, 11) is 0. The van der Waals surface area contributed by atoms with Gasteiger partial charge in [0.2, 0.25) is 11.7 Å². The number of hydrogen-bond acceptors (Lipinski definition) is 6. The predicted octanol–water partition coefficient (Wildman–Crippen LogP) is 2.80. The zero-order valence-electron chi connectivity index (χ0n) is 12.3. The van der Waals surface area contributed by atoms with E-state index in [0.717, 1.165) is 18.5 Å². The number of rotatable bonds is 6. The van der Waals surface area contributed by atoms with E-state index >= 15 is 0 Å². The minimum atomic E-state index is -0.105. The van der Waals surface area contributed by atoms with Gasteiger partial charge in [-0.3, -0.25) is 0 Å². The first-order valence-electron chi connectivity index (χ1n) is 7.28. The van der Waals surface area contributed by atoms with Crippen LogP contribution in [0.15, 0.2) is 28.8 Å². The Hall–Kier alpha value is -1.47. The minimum absolute atomic E-state index is 0.0325. The van der Waals surface area contributed by atoms with Gasteiger partial charge in [-0.15, -0.1) is 0 Å². The van der Waals surface area contributed by atoms with Gasteiger partial charge in [0.15, 0.2) is 6.29 Å². The summed E-state index contributed by atoms with van der Waals surface area (Å²) in [5.74, 6) is 1.11. The lowest BCUT2D eigenvalue weighted by molar-refractivity contribution is -0.0463. The maximum atomic E-state index is 5.87. The molecule has 0 radical (unpaired) electrons. The third kappa shape index (κ3) is 3.84. The van der Waals surface area contributed by atoms with Crippen molar-refractivity contribution < 1.29 is 14.0 Å². The molecule has 0 saturated carbocycles. The van der Waals surface area contributed by atoms with Crippen molar-refractivity contribution in [3.8, 4) is 11.4 Å². The van der Waals surface area contributed by atoms with Gasteiger partial charge in [-0.05, 0) is 31.2 Å². The van der Waals surface area contributed by atoms with Gasteiger partial charge < -0.3 is 19.3 Å². The molecular formula is C15H18ClN3O3. The second-order valence-electron chi connectivity index (χ2n) is 5.10. The van der Waals surface area contributed by atoms with Crippen LogP contribution in [-0.2, 0) is 9.47 Å². The summed E-state index contributed by atoms with van der Waals surface area (Å²) in [6, 6.07) is 7.30. The molecule has 1 aliphatic heterocycles. The van der Waals surface area contributed by atoms with Crippen molar-refractivity contribution in [3.05, 3.63) is 35.2 Å². The fraction of sp³-hybridized carbons (Fsp3) is 0.467. The molecule has 1 aromatic heterocycles. The third-order valence-corrected chi connectivity index (χ3v) is 3.69. The molecule has 2 aromatic rings. The van der Waals surface area contributed by atoms with Gasteiger partial charge in [-0.1, -0.05) is 16.8 Å². The number of aromatic nitrogens is 2. The van der Waals surface area contributed by atoms with Gasteiger partial charge in [0.25, 0.3) is 0 Å². The highest BCUT2D eigenvalue weighted by Crippen LogP contribution is 2.20. The molecule has 3 rings (SSSR count). The van der Waals surface area contributed by atoms with Gasteiger partial charge in [0.05, 0.1) is 19.3 Å². The Bertz CT molecular complexity index is 596. The normalized spacial score (nSPS) is 17.0. The number of halogens is 1. The lowest BCUT2D eigenvalue weighted by atomic mass is 10.2. The zero-order valence-corrected chi connectivity index (χ0v) is 13.0. The quantitative estimate of drug-likeness (QED) is 0.881. The molecule has 1 aliphatic rings. The summed E-state index contributed by atoms with van der Waals surface area (Å²) in [6.45, 7) is 4.09. The van der Waals surface area contributed by atoms with Crippen molar-refractivity contribution in [2.75, 3.05) is 19.8 Å². The fourth-order valence-electron chi connectivity index (χ4n) is 2.21. The Morgan fingerprint density at radius 2 is 2.00 bits per heavy atom. The Morgan fingerprint density at radius 1 is 1.27 bits per heavy atom. The van der Waals surface area contributed by atoms with Crippen molar-refractivity contribution in [1.29, 1.82) is 0 Å². The maximum Gasteiger partial charge on any atom is 0.243 e. The molecular weight excluding hydrogens is 306 g/mol. The summed E-state index contributed by atoms with van der Waals surface area (Å²) in [5, 5.41) is 8.01. The van der Waals surface area contributed by atoms with E-state index in [1.165, 1.54) is 0 Å². The minimum Gasteiger partial charge on any atom is -0.350 e. The molecule has 0 unspecified atom stereocenters. The lowest BCUT2D eigenvalue weighted by Crippen LogP contribution is -2.24. The Kier molecular flexibility index (Phi) is 5.04. The average Bonchev–Trinajstić information content (AvgIpc) is 3.19. The summed E-state index contributed by atoms with van der Waals surface area (Å²) in [6.07, 6.45) is 0.690. The van der Waals surface area contributed by atoms with Crippen LogP contribution < -0.4 is 5.32 Å². The molecule has 1 saturated heterocycles. The smallest absolute Gasteiger partial charge is 0.243 e. The van der Waals surface area contributed by atoms with E-state index in [1.54, 1.807) is 12.1 Å². The average molecular weight is 324 g/mol. The number of benzene rings is 1. The van der Waals surface area contributed by atoms with Crippen LogP contribution in [0.2, 0.25) is 5.02 Å². The third-order valence-electron chi connectivity index (χ3n) is 3.44. The molecule has 0 spiro atoms. The maximum absolute atomic E-state index is 5.87. The monoisotopic (exact) mass is 323 g/mol. The van der Waals surface area contributed by atoms with E-state index in [1.807, 2.05) is 19.1 Å². The molecule has 1 fully saturated rings. The molecule has 0 aliphatic carbocycles. The topological polar surface area (TPSA) is 69.4 Å². The van der Waals surface area contributed by atoms with Crippen molar-refractivity contribution >= 4 is 11.6 Å². The van der Waals surface area contributed by atoms with Crippen LogP contribution in [-0.4, -0.2) is 36.2 Å². The summed E-state index contributed by atoms with van der Waals surface area (Å²) in [5.41, 5.74) is 0.874. The Balaban J connectivity index is 1.54. The fourth-order valence-corrected chi connectivity index (χ4v) is 2.33. The molecule has 2 heterocycles. The van der Waals surface area contributed by atoms with E-state index in [-0.39, 0.29) is 12.3 Å². The van der Waals surface area contributed by atoms with Crippen molar-refractivity contribution in [1.82, 2.24) is 15.5 Å². The molecule has 1 atom stereocenters. The molecule has 1 N–H and O–H groups in total. The van der Waals surface area contributed by atoms with Gasteiger partial charge in [-0.2, -0.15) is 4.98 Å². The van der Waals surface area contributed by atoms with Gasteiger partial charge >= 0.3 is 0 Å². The van der Waals surface area contributed by atoms with Crippen LogP contribution in [0.1, 0.15) is 25.3 Å². The Morgan fingerprint density at radius 3 is 2.73 bits per heavy atom. The second-order valence-corrected chi connectivity index (χ2v) is 5.54. The van der Waals surface area contributed by atoms with Gasteiger partial charge in [0.1, 0.15) is 0 Å². The number of ether oxygens (including phenoxy) is 2. The summed E-state index contributed by atoms with van der Waals surface area (Å²) >= 11 is 5.87. The van der Waals surface area contributed by atoms with Crippen LogP contribution in [0, 0.1) is 0 Å². The molecule has 0 amide bonds. The van der Waals surface area contributed by atoms with Crippen LogP contribution in [0.25, 0.3) is 11.4 Å². The highest BCUT2D eigenvalue weighted by atomic mass is 35.5. The van der Waals surface area contributed by atoms with Crippen LogP contribution in [0.5, 0.6) is 0 Å². The first-order valence-corrected chi connectivity index (χ1v) is 7.66. The van der Waals surface area contributed by atoms with Gasteiger partial charge in [0, 0.05) is 23.6 Å². The van der Waals surface area contributed by atoms with Crippen molar-refractivity contribution in [2.45, 2.75) is 25.7 Å². The highest BCUT2D eigenvalue weighted by molar-refractivity contribution is 6.30. The number of nitrogens with zero attached hydrogens (tertiary/aromatic N) is 2. The highest BCUT2D eigenvalue weighted by Gasteiger charge is 2.18. The Labute approximate surface area is 133 Å². The van der Waals surface area contributed by atoms with Crippen LogP contribution in [0.3, 0.4) is 0 Å². The van der Waals surface area contributed by atoms with E-state index < -0.39 is 0 Å². The van der Waals surface area contributed by atoms with E-state index in [2.05, 4.69) is 15.5 Å². The standard InChI is InChI=1S/C15H18ClN3O3/c1-10(17-7-6-13-20-8-9-21-13)15-18-14(19-22-15)11-2-4-12(16)5-3-11/h2-5,10,13,17H,6-9H2,1H3/t10-/m0/s1. The van der Waals surface area contributed by atoms with E-state index in [9.17, 15) is 0 Å². The largest absolute Gasteiger partial charge is 0.350 e. The zero-order chi connectivity index (χ0) is 15.4. The molecule has 22 heavy (non-hydrogen) atoms. The molecule has 1 aromatic carbocycles. The molecule has 0 bridgehead atoms. The van der Waals surface area contributed by atoms with Crippen molar-refractivity contribution in [3.63, 3.8) is 0 Å². The predicted molar refractivity (Wildman–Crippen MR) is 81.5 cm³/mol. The summed E-state index contributed by atoms with van der Waals surface area (Å²) in [4.78, 5) is 4.41. The first kappa shape index (κ1) is 15.4. The molecule has 7 heteroatoms. The number of hydrogen-bond donors (Lipinski definition) is 1. The van der Waals surface area contributed by atoms with E-state index in [0.29, 0.717) is 30.0 Å². The second kappa shape index (κ2) is 7.19. The lowest BCUT2D eigenvalue weighted by Gasteiger charge is -2.12. The molecule has 118 valence electrons. The number of nitrogens with one attached hydrogen (secondary N) is 1. The van der Waals surface area contributed by atoms with Crippen LogP contribution >= 0.6 is 11.6 Å². The summed E-state index contributed by atoms with van der Waals surface area (Å²) < 4.78 is 16.1. The van der Waals surface area contributed by atoms with Crippen molar-refractivity contribution in [2.24, 2.45) is 0 Å². The first-order chi connectivity index (χ1) is 10.7. The van der Waals surface area contributed by atoms with Gasteiger partial charge in [-0.25, -0.2) is 0 Å². The van der Waals surface area contributed by atoms with E-state index in [4.69, 9.17) is 25.6 Å². The SMILES string of the molecule is C[C@H](NCCC1OCCO1)c1nc(-c2ccc(Cl)cc2)no1.